The average molecular weight is 450 g/mol. The molecule has 132 valence electrons. The number of benzene rings is 2. The van der Waals surface area contributed by atoms with Crippen molar-refractivity contribution in [3.8, 4) is 0 Å². The van der Waals surface area contributed by atoms with Crippen molar-refractivity contribution in [3.63, 3.8) is 0 Å². The summed E-state index contributed by atoms with van der Waals surface area (Å²) in [5, 5.41) is 0. The van der Waals surface area contributed by atoms with E-state index in [4.69, 9.17) is 11.5 Å². The van der Waals surface area contributed by atoms with E-state index in [0.717, 1.165) is 12.1 Å². The smallest absolute Gasteiger partial charge is 0.779 e. The quantitative estimate of drug-likeness (QED) is 0.271. The third-order valence-electron chi connectivity index (χ3n) is 2.62. The van der Waals surface area contributed by atoms with E-state index in [1.807, 2.05) is 0 Å². The molecule has 0 unspecified atom stereocenters. The number of halogens is 6. The van der Waals surface area contributed by atoms with Gasteiger partial charge in [0.1, 0.15) is 0 Å². The van der Waals surface area contributed by atoms with Gasteiger partial charge in [-0.15, -0.1) is 0 Å². The molecule has 2 rings (SSSR count). The van der Waals surface area contributed by atoms with Crippen LogP contribution in [0.5, 0.6) is 0 Å². The fourth-order valence-corrected chi connectivity index (χ4v) is 2.02. The van der Waals surface area contributed by atoms with Crippen molar-refractivity contribution in [3.05, 3.63) is 47.5 Å². The van der Waals surface area contributed by atoms with Crippen molar-refractivity contribution in [2.24, 2.45) is 0 Å². The summed E-state index contributed by atoms with van der Waals surface area (Å²) in [6.07, 6.45) is -8.82. The Bertz CT molecular complexity index is 658. The first kappa shape index (κ1) is 23.7. The number of hydrogen-bond acceptors (Lipinski definition) is 4. The molecule has 0 atom stereocenters. The van der Waals surface area contributed by atoms with Gasteiger partial charge in [-0.2, -0.15) is 36.1 Å². The molecular weight excluding hydrogens is 440 g/mol. The molecule has 0 bridgehead atoms. The van der Waals surface area contributed by atoms with Gasteiger partial charge in [-0.25, -0.2) is 0 Å². The molecule has 0 saturated heterocycles. The Morgan fingerprint density at radius 3 is 1.12 bits per heavy atom. The fourth-order valence-electron chi connectivity index (χ4n) is 1.54. The second kappa shape index (κ2) is 8.87. The van der Waals surface area contributed by atoms with Gasteiger partial charge in [-0.3, -0.25) is 0 Å². The number of hydrogen-bond donors (Lipinski definition) is 2. The minimum absolute atomic E-state index is 0. The van der Waals surface area contributed by atoms with Gasteiger partial charge in [-0.05, 0) is 24.3 Å². The molecule has 4 N–H and O–H groups in total. The normalized spacial score (nSPS) is 11.1. The molecule has 2 aromatic rings. The third kappa shape index (κ3) is 7.21. The first-order valence-electron chi connectivity index (χ1n) is 6.10. The zero-order chi connectivity index (χ0) is 18.7. The summed E-state index contributed by atoms with van der Waals surface area (Å²) < 4.78 is 72.6. The van der Waals surface area contributed by atoms with E-state index in [-0.39, 0.29) is 40.6 Å². The van der Waals surface area contributed by atoms with Gasteiger partial charge in [0.25, 0.3) is 0 Å². The van der Waals surface area contributed by atoms with Crippen LogP contribution in [0.25, 0.3) is 0 Å². The minimum atomic E-state index is -4.41. The molecule has 0 aliphatic carbocycles. The SMILES string of the molecule is Nc1ccc([S-])c(C(F)(F)F)c1.Nc1ccc([S-])c(C(F)(F)F)c1.[Zn+2]. The maximum Gasteiger partial charge on any atom is 2.00 e. The Morgan fingerprint density at radius 2 is 0.920 bits per heavy atom. The molecule has 0 aliphatic heterocycles. The van der Waals surface area contributed by atoms with Gasteiger partial charge < -0.3 is 36.7 Å². The predicted octanol–water partition coefficient (Wildman–Crippen LogP) is 4.38. The molecule has 0 aromatic heterocycles. The molecule has 11 heteroatoms. The summed E-state index contributed by atoms with van der Waals surface area (Å²) in [7, 11) is 0. The molecule has 0 aliphatic rings. The number of alkyl halides is 6. The zero-order valence-electron chi connectivity index (χ0n) is 12.4. The van der Waals surface area contributed by atoms with Crippen molar-refractivity contribution in [1.82, 2.24) is 0 Å². The Labute approximate surface area is 163 Å². The molecule has 2 aromatic carbocycles. The number of nitrogens with two attached hydrogens (primary N) is 2. The van der Waals surface area contributed by atoms with E-state index in [1.165, 1.54) is 24.3 Å². The van der Waals surface area contributed by atoms with Crippen molar-refractivity contribution >= 4 is 36.6 Å². The first-order valence-corrected chi connectivity index (χ1v) is 6.91. The average Bonchev–Trinajstić information content (AvgIpc) is 2.42. The van der Waals surface area contributed by atoms with Crippen molar-refractivity contribution in [2.45, 2.75) is 22.1 Å². The largest absolute Gasteiger partial charge is 2.00 e. The molecule has 0 radical (unpaired) electrons. The van der Waals surface area contributed by atoms with Gasteiger partial charge >= 0.3 is 31.8 Å². The summed E-state index contributed by atoms with van der Waals surface area (Å²) in [5.74, 6) is 0. The molecule has 0 fully saturated rings. The molecular formula is C14H10F6N2S2Zn. The van der Waals surface area contributed by atoms with Crippen LogP contribution in [-0.2, 0) is 57.1 Å². The second-order valence-corrected chi connectivity index (χ2v) is 5.39. The van der Waals surface area contributed by atoms with E-state index in [1.54, 1.807) is 0 Å². The van der Waals surface area contributed by atoms with Crippen molar-refractivity contribution < 1.29 is 45.8 Å². The van der Waals surface area contributed by atoms with Gasteiger partial charge in [0.2, 0.25) is 0 Å². The predicted molar refractivity (Wildman–Crippen MR) is 83.0 cm³/mol. The monoisotopic (exact) mass is 448 g/mol. The molecule has 0 spiro atoms. The van der Waals surface area contributed by atoms with E-state index in [2.05, 4.69) is 25.3 Å². The van der Waals surface area contributed by atoms with Gasteiger partial charge in [0.05, 0.1) is 0 Å². The van der Waals surface area contributed by atoms with E-state index in [0.29, 0.717) is 0 Å². The van der Waals surface area contributed by atoms with E-state index < -0.39 is 23.5 Å². The fraction of sp³-hybridized carbons (Fsp3) is 0.143. The van der Waals surface area contributed by atoms with Gasteiger partial charge in [0, 0.05) is 22.5 Å². The van der Waals surface area contributed by atoms with E-state index >= 15 is 0 Å². The maximum atomic E-state index is 12.1. The van der Waals surface area contributed by atoms with Crippen molar-refractivity contribution in [1.29, 1.82) is 0 Å². The Morgan fingerprint density at radius 1 is 0.640 bits per heavy atom. The Balaban J connectivity index is 0.000000443. The maximum absolute atomic E-state index is 12.1. The third-order valence-corrected chi connectivity index (χ3v) is 3.33. The van der Waals surface area contributed by atoms with Crippen LogP contribution < -0.4 is 11.5 Å². The summed E-state index contributed by atoms with van der Waals surface area (Å²) in [5.41, 5.74) is 8.79. The molecule has 25 heavy (non-hydrogen) atoms. The van der Waals surface area contributed by atoms with Gasteiger partial charge in [-0.1, -0.05) is 12.1 Å². The van der Waals surface area contributed by atoms with Crippen LogP contribution in [0.4, 0.5) is 37.7 Å². The van der Waals surface area contributed by atoms with Crippen LogP contribution in [0.2, 0.25) is 0 Å². The van der Waals surface area contributed by atoms with E-state index in [9.17, 15) is 26.3 Å². The van der Waals surface area contributed by atoms with Crippen molar-refractivity contribution in [2.75, 3.05) is 11.5 Å². The van der Waals surface area contributed by atoms with Crippen LogP contribution in [0.1, 0.15) is 11.1 Å². The molecule has 2 nitrogen and oxygen atoms in total. The second-order valence-electron chi connectivity index (χ2n) is 4.51. The van der Waals surface area contributed by atoms with Crippen LogP contribution in [0.15, 0.2) is 46.2 Å². The van der Waals surface area contributed by atoms with Crippen LogP contribution in [0.3, 0.4) is 0 Å². The summed E-state index contributed by atoms with van der Waals surface area (Å²) >= 11 is 8.97. The first-order chi connectivity index (χ1) is 10.8. The summed E-state index contributed by atoms with van der Waals surface area (Å²) in [4.78, 5) is -0.451. The van der Waals surface area contributed by atoms with Crippen LogP contribution in [-0.4, -0.2) is 0 Å². The molecule has 0 heterocycles. The standard InChI is InChI=1S/2C7H6F3NS.Zn/c2*8-7(9,10)5-3-4(11)1-2-6(5)12;/h2*1-3,12H,11H2;/q;;+2/p-2. The zero-order valence-corrected chi connectivity index (χ0v) is 17.0. The summed E-state index contributed by atoms with van der Waals surface area (Å²) in [6, 6.07) is 6.71. The topological polar surface area (TPSA) is 52.0 Å². The number of anilines is 2. The Kier molecular flexibility index (Phi) is 8.40. The van der Waals surface area contributed by atoms with Gasteiger partial charge in [0.15, 0.2) is 0 Å². The van der Waals surface area contributed by atoms with Crippen LogP contribution >= 0.6 is 0 Å². The minimum Gasteiger partial charge on any atom is -0.779 e. The Hall–Kier alpha value is -1.32. The van der Waals surface area contributed by atoms with Crippen LogP contribution in [0, 0.1) is 0 Å². The number of rotatable bonds is 0. The molecule has 0 saturated carbocycles. The number of nitrogen functional groups attached to an aromatic ring is 2. The molecule has 0 amide bonds. The summed E-state index contributed by atoms with van der Waals surface area (Å²) in [6.45, 7) is 0.